The number of amides is 1. The topological polar surface area (TPSA) is 59.0 Å². The largest absolute Gasteiger partial charge is 0.328 e. The molecule has 2 heterocycles. The van der Waals surface area contributed by atoms with Gasteiger partial charge in [0.05, 0.1) is 12.2 Å². The summed E-state index contributed by atoms with van der Waals surface area (Å²) < 4.78 is 0.289. The molecule has 0 aliphatic heterocycles. The van der Waals surface area contributed by atoms with E-state index in [9.17, 15) is 4.79 Å². The fourth-order valence-corrected chi connectivity index (χ4v) is 2.62. The highest BCUT2D eigenvalue weighted by Crippen LogP contribution is 2.30. The van der Waals surface area contributed by atoms with Crippen molar-refractivity contribution in [1.29, 1.82) is 0 Å². The Kier molecular flexibility index (Phi) is 3.44. The van der Waals surface area contributed by atoms with Crippen LogP contribution in [0.4, 0.5) is 0 Å². The number of hydrogen-bond donors (Lipinski definition) is 0. The third-order valence-electron chi connectivity index (χ3n) is 2.89. The van der Waals surface area contributed by atoms with Crippen LogP contribution >= 0.6 is 22.9 Å². The molecule has 5 nitrogen and oxygen atoms in total. The molecule has 98 valence electrons. The van der Waals surface area contributed by atoms with Crippen LogP contribution < -0.4 is 0 Å². The molecule has 2 aromatic rings. The molecule has 0 aromatic carbocycles. The van der Waals surface area contributed by atoms with Gasteiger partial charge in [-0.1, -0.05) is 17.4 Å². The smallest absolute Gasteiger partial charge is 0.285 e. The van der Waals surface area contributed by atoms with Crippen LogP contribution in [0, 0.1) is 0 Å². The summed E-state index contributed by atoms with van der Waals surface area (Å²) in [6, 6.07) is 5.98. The molecular formula is C12H11ClN4OS. The summed E-state index contributed by atoms with van der Waals surface area (Å²) in [5.74, 6) is -0.113. The fourth-order valence-electron chi connectivity index (χ4n) is 1.83. The first-order valence-corrected chi connectivity index (χ1v) is 7.13. The number of halogens is 1. The highest BCUT2D eigenvalue weighted by Gasteiger charge is 2.34. The maximum Gasteiger partial charge on any atom is 0.285 e. The molecule has 2 aromatic heterocycles. The van der Waals surface area contributed by atoms with Crippen LogP contribution in [-0.4, -0.2) is 32.0 Å². The standard InChI is InChI=1S/C12H11ClN4OS/c13-12-16-15-10(19-12)11(18)17(9-4-5-9)7-8-3-1-2-6-14-8/h1-3,6,9H,4-5,7H2. The minimum atomic E-state index is -0.113. The third-order valence-corrected chi connectivity index (χ3v) is 3.90. The number of pyridine rings is 1. The molecule has 0 N–H and O–H groups in total. The monoisotopic (exact) mass is 294 g/mol. The molecule has 0 saturated heterocycles. The molecule has 3 rings (SSSR count). The SMILES string of the molecule is O=C(c1nnc(Cl)s1)N(Cc1ccccn1)C1CC1. The highest BCUT2D eigenvalue weighted by atomic mass is 35.5. The van der Waals surface area contributed by atoms with Crippen molar-refractivity contribution in [2.45, 2.75) is 25.4 Å². The van der Waals surface area contributed by atoms with Gasteiger partial charge in [0.1, 0.15) is 0 Å². The predicted molar refractivity (Wildman–Crippen MR) is 72.1 cm³/mol. The maximum atomic E-state index is 12.4. The minimum absolute atomic E-state index is 0.113. The predicted octanol–water partition coefficient (Wildman–Crippen LogP) is 2.39. The van der Waals surface area contributed by atoms with E-state index in [0.717, 1.165) is 29.9 Å². The maximum absolute atomic E-state index is 12.4. The van der Waals surface area contributed by atoms with E-state index in [4.69, 9.17) is 11.6 Å². The highest BCUT2D eigenvalue weighted by molar-refractivity contribution is 7.17. The van der Waals surface area contributed by atoms with Crippen molar-refractivity contribution in [3.8, 4) is 0 Å². The van der Waals surface area contributed by atoms with Crippen molar-refractivity contribution < 1.29 is 4.79 Å². The Hall–Kier alpha value is -1.53. The Morgan fingerprint density at radius 3 is 2.84 bits per heavy atom. The zero-order valence-electron chi connectivity index (χ0n) is 9.99. The van der Waals surface area contributed by atoms with E-state index in [1.165, 1.54) is 0 Å². The van der Waals surface area contributed by atoms with Crippen molar-refractivity contribution in [1.82, 2.24) is 20.1 Å². The molecule has 0 bridgehead atoms. The summed E-state index contributed by atoms with van der Waals surface area (Å²) in [4.78, 5) is 18.5. The Labute approximate surface area is 119 Å². The fraction of sp³-hybridized carbons (Fsp3) is 0.333. The molecule has 1 saturated carbocycles. The van der Waals surface area contributed by atoms with Crippen LogP contribution in [0.5, 0.6) is 0 Å². The van der Waals surface area contributed by atoms with Crippen molar-refractivity contribution in [2.24, 2.45) is 0 Å². The van der Waals surface area contributed by atoms with Gasteiger partial charge >= 0.3 is 0 Å². The van der Waals surface area contributed by atoms with Gasteiger partial charge < -0.3 is 4.90 Å². The molecule has 1 aliphatic rings. The van der Waals surface area contributed by atoms with Crippen LogP contribution in [0.1, 0.15) is 28.3 Å². The first-order chi connectivity index (χ1) is 9.24. The van der Waals surface area contributed by atoms with Crippen LogP contribution in [0.2, 0.25) is 4.47 Å². The first-order valence-electron chi connectivity index (χ1n) is 5.94. The van der Waals surface area contributed by atoms with Crippen LogP contribution in [-0.2, 0) is 6.54 Å². The molecule has 0 spiro atoms. The summed E-state index contributed by atoms with van der Waals surface area (Å²) in [5, 5.41) is 7.83. The first kappa shape index (κ1) is 12.5. The summed E-state index contributed by atoms with van der Waals surface area (Å²) >= 11 is 6.84. The third kappa shape index (κ3) is 2.90. The summed E-state index contributed by atoms with van der Waals surface area (Å²) in [6.07, 6.45) is 3.79. The zero-order chi connectivity index (χ0) is 13.2. The van der Waals surface area contributed by atoms with Gasteiger partial charge in [-0.05, 0) is 36.6 Å². The molecular weight excluding hydrogens is 284 g/mol. The molecule has 0 unspecified atom stereocenters. The van der Waals surface area contributed by atoms with E-state index in [-0.39, 0.29) is 16.4 Å². The van der Waals surface area contributed by atoms with E-state index in [2.05, 4.69) is 15.2 Å². The van der Waals surface area contributed by atoms with E-state index in [1.54, 1.807) is 11.1 Å². The second kappa shape index (κ2) is 5.22. The zero-order valence-corrected chi connectivity index (χ0v) is 11.6. The number of rotatable bonds is 4. The lowest BCUT2D eigenvalue weighted by Crippen LogP contribution is -2.32. The molecule has 19 heavy (non-hydrogen) atoms. The molecule has 7 heteroatoms. The summed E-state index contributed by atoms with van der Waals surface area (Å²) in [5.41, 5.74) is 0.873. The van der Waals surface area contributed by atoms with E-state index in [0.29, 0.717) is 11.6 Å². The van der Waals surface area contributed by atoms with Gasteiger partial charge in [0, 0.05) is 12.2 Å². The van der Waals surface area contributed by atoms with E-state index in [1.807, 2.05) is 18.2 Å². The number of nitrogens with zero attached hydrogens (tertiary/aromatic N) is 4. The molecule has 1 aliphatic carbocycles. The quantitative estimate of drug-likeness (QED) is 0.869. The number of carbonyl (C=O) groups is 1. The second-order valence-electron chi connectivity index (χ2n) is 4.35. The molecule has 1 fully saturated rings. The Bertz CT molecular complexity index is 584. The number of hydrogen-bond acceptors (Lipinski definition) is 5. The van der Waals surface area contributed by atoms with Gasteiger partial charge in [-0.3, -0.25) is 9.78 Å². The summed E-state index contributed by atoms with van der Waals surface area (Å²) in [6.45, 7) is 0.502. The van der Waals surface area contributed by atoms with E-state index < -0.39 is 0 Å². The average Bonchev–Trinajstić information content (AvgIpc) is 3.18. The van der Waals surface area contributed by atoms with Crippen molar-refractivity contribution in [3.63, 3.8) is 0 Å². The molecule has 0 radical (unpaired) electrons. The molecule has 0 atom stereocenters. The van der Waals surface area contributed by atoms with Crippen LogP contribution in [0.3, 0.4) is 0 Å². The van der Waals surface area contributed by atoms with Gasteiger partial charge in [-0.15, -0.1) is 10.2 Å². The van der Waals surface area contributed by atoms with Crippen molar-refractivity contribution >= 4 is 28.8 Å². The van der Waals surface area contributed by atoms with E-state index >= 15 is 0 Å². The normalized spacial score (nSPS) is 14.4. The Morgan fingerprint density at radius 1 is 1.42 bits per heavy atom. The van der Waals surface area contributed by atoms with Crippen molar-refractivity contribution in [2.75, 3.05) is 0 Å². The van der Waals surface area contributed by atoms with Gasteiger partial charge in [0.2, 0.25) is 9.47 Å². The minimum Gasteiger partial charge on any atom is -0.328 e. The van der Waals surface area contributed by atoms with Crippen LogP contribution in [0.15, 0.2) is 24.4 Å². The van der Waals surface area contributed by atoms with Gasteiger partial charge in [0.15, 0.2) is 0 Å². The second-order valence-corrected chi connectivity index (χ2v) is 5.91. The van der Waals surface area contributed by atoms with Gasteiger partial charge in [-0.25, -0.2) is 0 Å². The lowest BCUT2D eigenvalue weighted by Gasteiger charge is -2.20. The number of carbonyl (C=O) groups excluding carboxylic acids is 1. The van der Waals surface area contributed by atoms with Gasteiger partial charge in [-0.2, -0.15) is 0 Å². The number of aromatic nitrogens is 3. The van der Waals surface area contributed by atoms with Crippen LogP contribution in [0.25, 0.3) is 0 Å². The van der Waals surface area contributed by atoms with Crippen molar-refractivity contribution in [3.05, 3.63) is 39.6 Å². The summed E-state index contributed by atoms with van der Waals surface area (Å²) in [7, 11) is 0. The van der Waals surface area contributed by atoms with Gasteiger partial charge in [0.25, 0.3) is 5.91 Å². The lowest BCUT2D eigenvalue weighted by molar-refractivity contribution is 0.0726. The Morgan fingerprint density at radius 2 is 2.26 bits per heavy atom. The Balaban J connectivity index is 1.79. The molecule has 1 amide bonds. The lowest BCUT2D eigenvalue weighted by atomic mass is 10.3. The average molecular weight is 295 g/mol.